The highest BCUT2D eigenvalue weighted by Gasteiger charge is 2.16. The number of benzene rings is 2. The van der Waals surface area contributed by atoms with Gasteiger partial charge in [0.25, 0.3) is 0 Å². The third kappa shape index (κ3) is 4.71. The van der Waals surface area contributed by atoms with Gasteiger partial charge in [0.1, 0.15) is 5.82 Å². The second-order valence-corrected chi connectivity index (χ2v) is 6.34. The number of aryl methyl sites for hydroxylation is 1. The Hall–Kier alpha value is -2.11. The van der Waals surface area contributed by atoms with Gasteiger partial charge in [0.05, 0.1) is 24.6 Å². The molecule has 0 aromatic heterocycles. The molecule has 0 saturated carbocycles. The van der Waals surface area contributed by atoms with Crippen LogP contribution in [-0.2, 0) is 16.0 Å². The molecule has 25 heavy (non-hydrogen) atoms. The van der Waals surface area contributed by atoms with Crippen molar-refractivity contribution < 1.29 is 13.9 Å². The smallest absolute Gasteiger partial charge is 0.224 e. The van der Waals surface area contributed by atoms with Gasteiger partial charge in [-0.2, -0.15) is 0 Å². The lowest BCUT2D eigenvalue weighted by Gasteiger charge is -2.30. The lowest BCUT2D eigenvalue weighted by molar-refractivity contribution is -0.116. The van der Waals surface area contributed by atoms with Crippen LogP contribution >= 0.6 is 11.6 Å². The summed E-state index contributed by atoms with van der Waals surface area (Å²) in [5.41, 5.74) is 2.14. The highest BCUT2D eigenvalue weighted by molar-refractivity contribution is 6.31. The third-order valence-electron chi connectivity index (χ3n) is 4.16. The van der Waals surface area contributed by atoms with Gasteiger partial charge in [-0.15, -0.1) is 0 Å². The molecule has 0 spiro atoms. The number of halogens is 2. The van der Waals surface area contributed by atoms with Gasteiger partial charge in [0.2, 0.25) is 5.91 Å². The molecule has 0 aliphatic carbocycles. The fraction of sp³-hybridized carbons (Fsp3) is 0.316. The highest BCUT2D eigenvalue weighted by atomic mass is 35.5. The van der Waals surface area contributed by atoms with Crippen LogP contribution in [0.3, 0.4) is 0 Å². The van der Waals surface area contributed by atoms with Gasteiger partial charge in [0.15, 0.2) is 0 Å². The molecule has 0 bridgehead atoms. The number of rotatable bonds is 5. The van der Waals surface area contributed by atoms with Crippen LogP contribution in [0.4, 0.5) is 15.8 Å². The largest absolute Gasteiger partial charge is 0.378 e. The number of morpholine rings is 1. The maximum atomic E-state index is 13.7. The Kier molecular flexibility index (Phi) is 5.89. The number of hydrogen-bond acceptors (Lipinski definition) is 3. The van der Waals surface area contributed by atoms with Crippen molar-refractivity contribution in [3.63, 3.8) is 0 Å². The van der Waals surface area contributed by atoms with Crippen LogP contribution in [-0.4, -0.2) is 32.2 Å². The normalized spacial score (nSPS) is 14.4. The number of amides is 1. The summed E-state index contributed by atoms with van der Waals surface area (Å²) in [6.07, 6.45) is 0.557. The molecule has 1 aliphatic rings. The average Bonchev–Trinajstić information content (AvgIpc) is 2.62. The van der Waals surface area contributed by atoms with E-state index in [0.29, 0.717) is 35.9 Å². The number of carbonyl (C=O) groups excluding carboxylic acids is 1. The standard InChI is InChI=1S/C19H20ClFN2O2/c20-15-6-7-18(23-9-11-25-12-10-23)17(13-15)22-19(24)8-5-14-3-1-2-4-16(14)21/h1-4,6-7,13H,5,8-12H2,(H,22,24). The second kappa shape index (κ2) is 8.32. The van der Waals surface area contributed by atoms with E-state index in [2.05, 4.69) is 10.2 Å². The van der Waals surface area contributed by atoms with E-state index in [0.717, 1.165) is 18.8 Å². The Bertz CT molecular complexity index is 748. The molecule has 4 nitrogen and oxygen atoms in total. The van der Waals surface area contributed by atoms with E-state index in [1.807, 2.05) is 6.07 Å². The first-order valence-electron chi connectivity index (χ1n) is 8.29. The van der Waals surface area contributed by atoms with Gasteiger partial charge in [-0.1, -0.05) is 29.8 Å². The number of carbonyl (C=O) groups is 1. The fourth-order valence-corrected chi connectivity index (χ4v) is 3.02. The van der Waals surface area contributed by atoms with Gasteiger partial charge < -0.3 is 15.0 Å². The molecular weight excluding hydrogens is 343 g/mol. The molecule has 3 rings (SSSR count). The summed E-state index contributed by atoms with van der Waals surface area (Å²) in [4.78, 5) is 14.5. The van der Waals surface area contributed by atoms with Crippen LogP contribution < -0.4 is 10.2 Å². The summed E-state index contributed by atoms with van der Waals surface area (Å²) in [5.74, 6) is -0.452. The zero-order valence-corrected chi connectivity index (χ0v) is 14.6. The van der Waals surface area contributed by atoms with Crippen molar-refractivity contribution in [1.29, 1.82) is 0 Å². The third-order valence-corrected chi connectivity index (χ3v) is 4.40. The number of nitrogens with one attached hydrogen (secondary N) is 1. The van der Waals surface area contributed by atoms with E-state index in [9.17, 15) is 9.18 Å². The van der Waals surface area contributed by atoms with E-state index < -0.39 is 0 Å². The van der Waals surface area contributed by atoms with Crippen molar-refractivity contribution in [1.82, 2.24) is 0 Å². The molecule has 1 heterocycles. The van der Waals surface area contributed by atoms with Crippen molar-refractivity contribution in [2.24, 2.45) is 0 Å². The van der Waals surface area contributed by atoms with Crippen molar-refractivity contribution in [3.05, 3.63) is 58.9 Å². The summed E-state index contributed by atoms with van der Waals surface area (Å²) in [6.45, 7) is 2.84. The lowest BCUT2D eigenvalue weighted by atomic mass is 10.1. The molecule has 1 fully saturated rings. The molecule has 0 radical (unpaired) electrons. The topological polar surface area (TPSA) is 41.6 Å². The Balaban J connectivity index is 1.68. The van der Waals surface area contributed by atoms with Crippen molar-refractivity contribution in [2.45, 2.75) is 12.8 Å². The summed E-state index contributed by atoms with van der Waals surface area (Å²) in [5, 5.41) is 3.47. The Morgan fingerprint density at radius 2 is 1.96 bits per heavy atom. The van der Waals surface area contributed by atoms with Crippen molar-refractivity contribution in [2.75, 3.05) is 36.5 Å². The minimum atomic E-state index is -0.285. The second-order valence-electron chi connectivity index (χ2n) is 5.90. The highest BCUT2D eigenvalue weighted by Crippen LogP contribution is 2.30. The molecule has 1 saturated heterocycles. The Morgan fingerprint density at radius 3 is 2.72 bits per heavy atom. The quantitative estimate of drug-likeness (QED) is 0.877. The molecule has 2 aromatic rings. The number of hydrogen-bond donors (Lipinski definition) is 1. The molecule has 2 aromatic carbocycles. The van der Waals surface area contributed by atoms with Gasteiger partial charge >= 0.3 is 0 Å². The number of ether oxygens (including phenoxy) is 1. The van der Waals surface area contributed by atoms with E-state index in [4.69, 9.17) is 16.3 Å². The first-order valence-corrected chi connectivity index (χ1v) is 8.67. The maximum absolute atomic E-state index is 13.7. The fourth-order valence-electron chi connectivity index (χ4n) is 2.85. The molecule has 0 atom stereocenters. The van der Waals surface area contributed by atoms with Crippen LogP contribution in [0.25, 0.3) is 0 Å². The molecule has 6 heteroatoms. The van der Waals surface area contributed by atoms with Gasteiger partial charge in [-0.25, -0.2) is 4.39 Å². The number of anilines is 2. The lowest BCUT2D eigenvalue weighted by Crippen LogP contribution is -2.36. The predicted octanol–water partition coefficient (Wildman–Crippen LogP) is 3.89. The molecular formula is C19H20ClFN2O2. The monoisotopic (exact) mass is 362 g/mol. The number of nitrogens with zero attached hydrogens (tertiary/aromatic N) is 1. The van der Waals surface area contributed by atoms with Crippen LogP contribution in [0.15, 0.2) is 42.5 Å². The van der Waals surface area contributed by atoms with Crippen LogP contribution in [0.5, 0.6) is 0 Å². The van der Waals surface area contributed by atoms with E-state index in [1.54, 1.807) is 30.3 Å². The molecule has 132 valence electrons. The van der Waals surface area contributed by atoms with E-state index >= 15 is 0 Å². The van der Waals surface area contributed by atoms with Crippen LogP contribution in [0.2, 0.25) is 5.02 Å². The SMILES string of the molecule is O=C(CCc1ccccc1F)Nc1cc(Cl)ccc1N1CCOCC1. The molecule has 1 amide bonds. The zero-order chi connectivity index (χ0) is 17.6. The van der Waals surface area contributed by atoms with Crippen LogP contribution in [0, 0.1) is 5.82 Å². The Morgan fingerprint density at radius 1 is 1.20 bits per heavy atom. The first-order chi connectivity index (χ1) is 12.1. The van der Waals surface area contributed by atoms with Crippen molar-refractivity contribution in [3.8, 4) is 0 Å². The minimum absolute atomic E-state index is 0.167. The van der Waals surface area contributed by atoms with Crippen molar-refractivity contribution >= 4 is 28.9 Å². The summed E-state index contributed by atoms with van der Waals surface area (Å²) >= 11 is 6.09. The maximum Gasteiger partial charge on any atom is 0.224 e. The molecule has 1 N–H and O–H groups in total. The Labute approximate surface area is 151 Å². The summed E-state index contributed by atoms with van der Waals surface area (Å²) < 4.78 is 19.0. The van der Waals surface area contributed by atoms with Gasteiger partial charge in [0, 0.05) is 24.5 Å². The summed E-state index contributed by atoms with van der Waals surface area (Å²) in [6, 6.07) is 12.0. The van der Waals surface area contributed by atoms with Gasteiger partial charge in [-0.05, 0) is 36.2 Å². The molecule has 1 aliphatic heterocycles. The van der Waals surface area contributed by atoms with E-state index in [-0.39, 0.29) is 18.1 Å². The first kappa shape index (κ1) is 17.7. The van der Waals surface area contributed by atoms with Crippen LogP contribution in [0.1, 0.15) is 12.0 Å². The predicted molar refractivity (Wildman–Crippen MR) is 97.8 cm³/mol. The average molecular weight is 363 g/mol. The summed E-state index contributed by atoms with van der Waals surface area (Å²) in [7, 11) is 0. The van der Waals surface area contributed by atoms with Gasteiger partial charge in [-0.3, -0.25) is 4.79 Å². The molecule has 0 unspecified atom stereocenters. The minimum Gasteiger partial charge on any atom is -0.378 e. The zero-order valence-electron chi connectivity index (χ0n) is 13.8. The van der Waals surface area contributed by atoms with E-state index in [1.165, 1.54) is 6.07 Å².